The Morgan fingerprint density at radius 3 is 2.40 bits per heavy atom. The first-order valence-corrected chi connectivity index (χ1v) is 9.40. The van der Waals surface area contributed by atoms with Gasteiger partial charge in [0, 0.05) is 32.6 Å². The van der Waals surface area contributed by atoms with Crippen LogP contribution < -0.4 is 11.1 Å². The summed E-state index contributed by atoms with van der Waals surface area (Å²) in [5.74, 6) is 0.464. The van der Waals surface area contributed by atoms with Gasteiger partial charge in [-0.05, 0) is 38.0 Å². The number of nitrogens with one attached hydrogen (secondary N) is 1. The third-order valence-corrected chi connectivity index (χ3v) is 5.27. The molecule has 2 aliphatic rings. The quantitative estimate of drug-likeness (QED) is 0.720. The second-order valence-electron chi connectivity index (χ2n) is 7.78. The molecule has 7 nitrogen and oxygen atoms in total. The van der Waals surface area contributed by atoms with Gasteiger partial charge in [-0.3, -0.25) is 14.4 Å². The van der Waals surface area contributed by atoms with E-state index in [1.807, 2.05) is 11.8 Å². The number of nitrogens with zero attached hydrogens (tertiary/aromatic N) is 2. The Kier molecular flexibility index (Phi) is 6.81. The lowest BCUT2D eigenvalue weighted by atomic mass is 9.93. The van der Waals surface area contributed by atoms with Crippen LogP contribution in [0.25, 0.3) is 0 Å². The van der Waals surface area contributed by atoms with E-state index in [-0.39, 0.29) is 29.7 Å². The molecule has 1 unspecified atom stereocenters. The molecule has 2 atom stereocenters. The minimum absolute atomic E-state index is 0.0103. The zero-order chi connectivity index (χ0) is 18.6. The molecule has 2 rings (SSSR count). The molecule has 3 N–H and O–H groups in total. The van der Waals surface area contributed by atoms with Gasteiger partial charge in [0.1, 0.15) is 6.04 Å². The fraction of sp³-hybridized carbons (Fsp3) is 0.833. The van der Waals surface area contributed by atoms with Crippen LogP contribution in [0, 0.1) is 11.8 Å². The summed E-state index contributed by atoms with van der Waals surface area (Å²) in [6.07, 6.45) is 2.78. The molecule has 0 bridgehead atoms. The smallest absolute Gasteiger partial charge is 0.245 e. The molecule has 7 heteroatoms. The third kappa shape index (κ3) is 5.17. The van der Waals surface area contributed by atoms with Gasteiger partial charge in [-0.25, -0.2) is 0 Å². The first kappa shape index (κ1) is 19.7. The summed E-state index contributed by atoms with van der Waals surface area (Å²) in [7, 11) is 0. The lowest BCUT2D eigenvalue weighted by Gasteiger charge is -2.40. The lowest BCUT2D eigenvalue weighted by Crippen LogP contribution is -2.61. The van der Waals surface area contributed by atoms with E-state index >= 15 is 0 Å². The number of hydrogen-bond acceptors (Lipinski definition) is 4. The predicted molar refractivity (Wildman–Crippen MR) is 95.5 cm³/mol. The van der Waals surface area contributed by atoms with Crippen molar-refractivity contribution in [2.75, 3.05) is 26.2 Å². The largest absolute Gasteiger partial charge is 0.370 e. The zero-order valence-corrected chi connectivity index (χ0v) is 15.7. The minimum atomic E-state index is -0.433. The monoisotopic (exact) mass is 352 g/mol. The molecule has 0 radical (unpaired) electrons. The second-order valence-corrected chi connectivity index (χ2v) is 7.78. The van der Waals surface area contributed by atoms with Crippen molar-refractivity contribution in [2.45, 2.75) is 58.5 Å². The number of hydrogen-bond donors (Lipinski definition) is 2. The number of nitrogens with two attached hydrogens (primary N) is 1. The molecule has 0 spiro atoms. The highest BCUT2D eigenvalue weighted by atomic mass is 16.2. The first-order chi connectivity index (χ1) is 11.8. The molecule has 3 amide bonds. The van der Waals surface area contributed by atoms with E-state index in [0.717, 1.165) is 25.8 Å². The molecule has 2 saturated heterocycles. The van der Waals surface area contributed by atoms with Crippen LogP contribution in [0.4, 0.5) is 0 Å². The molecular weight excluding hydrogens is 320 g/mol. The van der Waals surface area contributed by atoms with Gasteiger partial charge in [0.15, 0.2) is 0 Å². The zero-order valence-electron chi connectivity index (χ0n) is 15.7. The van der Waals surface area contributed by atoms with Crippen LogP contribution in [0.3, 0.4) is 0 Å². The van der Waals surface area contributed by atoms with E-state index in [1.54, 1.807) is 4.90 Å². The van der Waals surface area contributed by atoms with Crippen molar-refractivity contribution >= 4 is 17.7 Å². The standard InChI is InChI=1S/C18H32N4O3/c1-12(2)10-15-18(25)22(9-6-20-15)13(3)17(24)21-7-4-14(5-8-21)11-16(19)23/h12-15,20H,4-11H2,1-3H3,(H2,19,23)/t13?,15-/m0/s1. The van der Waals surface area contributed by atoms with Crippen molar-refractivity contribution in [2.24, 2.45) is 17.6 Å². The highest BCUT2D eigenvalue weighted by Crippen LogP contribution is 2.22. The van der Waals surface area contributed by atoms with Crippen molar-refractivity contribution < 1.29 is 14.4 Å². The fourth-order valence-corrected chi connectivity index (χ4v) is 3.84. The van der Waals surface area contributed by atoms with Gasteiger partial charge in [-0.2, -0.15) is 0 Å². The van der Waals surface area contributed by atoms with Gasteiger partial charge < -0.3 is 20.9 Å². The number of piperidine rings is 1. The normalized spacial score (nSPS) is 23.8. The Morgan fingerprint density at radius 2 is 1.84 bits per heavy atom. The van der Waals surface area contributed by atoms with Gasteiger partial charge >= 0.3 is 0 Å². The Morgan fingerprint density at radius 1 is 1.20 bits per heavy atom. The summed E-state index contributed by atoms with van der Waals surface area (Å²) in [5, 5.41) is 3.27. The molecule has 25 heavy (non-hydrogen) atoms. The van der Waals surface area contributed by atoms with Crippen LogP contribution >= 0.6 is 0 Å². The summed E-state index contributed by atoms with van der Waals surface area (Å²) in [6.45, 7) is 8.58. The molecule has 0 aliphatic carbocycles. The predicted octanol–water partition coefficient (Wildman–Crippen LogP) is 0.335. The minimum Gasteiger partial charge on any atom is -0.370 e. The molecule has 2 heterocycles. The van der Waals surface area contributed by atoms with E-state index in [0.29, 0.717) is 32.0 Å². The molecule has 142 valence electrons. The number of carbonyl (C=O) groups is 3. The average Bonchev–Trinajstić information content (AvgIpc) is 2.55. The summed E-state index contributed by atoms with van der Waals surface area (Å²) in [4.78, 5) is 40.1. The van der Waals surface area contributed by atoms with Gasteiger partial charge in [-0.15, -0.1) is 0 Å². The van der Waals surface area contributed by atoms with Crippen molar-refractivity contribution in [1.82, 2.24) is 15.1 Å². The van der Waals surface area contributed by atoms with Crippen molar-refractivity contribution in [3.8, 4) is 0 Å². The van der Waals surface area contributed by atoms with Crippen LogP contribution in [-0.4, -0.2) is 65.8 Å². The maximum Gasteiger partial charge on any atom is 0.245 e. The van der Waals surface area contributed by atoms with Crippen LogP contribution in [0.1, 0.15) is 46.5 Å². The lowest BCUT2D eigenvalue weighted by molar-refractivity contribution is -0.149. The summed E-state index contributed by atoms with van der Waals surface area (Å²) in [5.41, 5.74) is 5.26. The van der Waals surface area contributed by atoms with Gasteiger partial charge in [0.2, 0.25) is 17.7 Å². The van der Waals surface area contributed by atoms with Crippen molar-refractivity contribution in [3.63, 3.8) is 0 Å². The molecule has 2 fully saturated rings. The van der Waals surface area contributed by atoms with E-state index < -0.39 is 6.04 Å². The number of amides is 3. The molecule has 0 aromatic carbocycles. The Labute approximate surface area is 150 Å². The van der Waals surface area contributed by atoms with Crippen LogP contribution in [-0.2, 0) is 14.4 Å². The Hall–Kier alpha value is -1.63. The summed E-state index contributed by atoms with van der Waals surface area (Å²) < 4.78 is 0. The van der Waals surface area contributed by atoms with Crippen LogP contribution in [0.15, 0.2) is 0 Å². The number of likely N-dealkylation sites (tertiary alicyclic amines) is 1. The number of primary amides is 1. The van der Waals surface area contributed by atoms with E-state index in [4.69, 9.17) is 5.73 Å². The molecule has 0 saturated carbocycles. The van der Waals surface area contributed by atoms with Crippen molar-refractivity contribution in [1.29, 1.82) is 0 Å². The maximum absolute atomic E-state index is 12.8. The summed E-state index contributed by atoms with van der Waals surface area (Å²) in [6, 6.07) is -0.623. The Bertz CT molecular complexity index is 501. The van der Waals surface area contributed by atoms with E-state index in [2.05, 4.69) is 19.2 Å². The first-order valence-electron chi connectivity index (χ1n) is 9.40. The molecular formula is C18H32N4O3. The molecule has 0 aromatic rings. The maximum atomic E-state index is 12.8. The Balaban J connectivity index is 1.91. The number of carbonyl (C=O) groups excluding carboxylic acids is 3. The number of piperazine rings is 1. The van der Waals surface area contributed by atoms with Crippen LogP contribution in [0.2, 0.25) is 0 Å². The molecule has 0 aromatic heterocycles. The van der Waals surface area contributed by atoms with Gasteiger partial charge in [0.25, 0.3) is 0 Å². The van der Waals surface area contributed by atoms with Gasteiger partial charge in [0.05, 0.1) is 6.04 Å². The number of rotatable bonds is 6. The molecule has 2 aliphatic heterocycles. The topological polar surface area (TPSA) is 95.7 Å². The SMILES string of the molecule is CC(C)C[C@@H]1NCCN(C(C)C(=O)N2CCC(CC(N)=O)CC2)C1=O. The third-order valence-electron chi connectivity index (χ3n) is 5.27. The van der Waals surface area contributed by atoms with E-state index in [9.17, 15) is 14.4 Å². The summed E-state index contributed by atoms with van der Waals surface area (Å²) >= 11 is 0. The highest BCUT2D eigenvalue weighted by molar-refractivity contribution is 5.90. The second kappa shape index (κ2) is 8.65. The van der Waals surface area contributed by atoms with Gasteiger partial charge in [-0.1, -0.05) is 13.8 Å². The van der Waals surface area contributed by atoms with Crippen molar-refractivity contribution in [3.05, 3.63) is 0 Å². The fourth-order valence-electron chi connectivity index (χ4n) is 3.84. The van der Waals surface area contributed by atoms with Crippen LogP contribution in [0.5, 0.6) is 0 Å². The average molecular weight is 352 g/mol. The highest BCUT2D eigenvalue weighted by Gasteiger charge is 2.36. The van der Waals surface area contributed by atoms with E-state index in [1.165, 1.54) is 0 Å².